The second-order valence-electron chi connectivity index (χ2n) is 4.60. The molecule has 3 nitrogen and oxygen atoms in total. The third-order valence-corrected chi connectivity index (χ3v) is 3.92. The zero-order valence-corrected chi connectivity index (χ0v) is 15.1. The normalized spacial score (nSPS) is 10.6. The zero-order valence-electron chi connectivity index (χ0n) is 12.1. The zero-order chi connectivity index (χ0) is 16.7. The Labute approximate surface area is 155 Å². The van der Waals surface area contributed by atoms with Crippen molar-refractivity contribution in [1.29, 1.82) is 0 Å². The van der Waals surface area contributed by atoms with Gasteiger partial charge in [-0.05, 0) is 36.4 Å². The molecule has 2 rings (SSSR count). The first-order chi connectivity index (χ1) is 11.1. The average molecular weight is 395 g/mol. The Morgan fingerprint density at radius 3 is 1.52 bits per heavy atom. The Morgan fingerprint density at radius 2 is 1.13 bits per heavy atom. The number of ether oxygens (including phenoxy) is 2. The highest BCUT2D eigenvalue weighted by Crippen LogP contribution is 2.28. The minimum atomic E-state index is 0.489. The van der Waals surface area contributed by atoms with Gasteiger partial charge >= 0.3 is 0 Å². The molecule has 0 bridgehead atoms. The van der Waals surface area contributed by atoms with Gasteiger partial charge in [-0.25, -0.2) is 0 Å². The van der Waals surface area contributed by atoms with E-state index in [2.05, 4.69) is 5.32 Å². The van der Waals surface area contributed by atoms with Crippen molar-refractivity contribution in [3.8, 4) is 11.5 Å². The third kappa shape index (κ3) is 6.28. The van der Waals surface area contributed by atoms with Crippen LogP contribution < -0.4 is 14.8 Å². The van der Waals surface area contributed by atoms with Crippen LogP contribution in [-0.4, -0.2) is 26.3 Å². The summed E-state index contributed by atoms with van der Waals surface area (Å²) in [5, 5.41) is 5.36. The average Bonchev–Trinajstić information content (AvgIpc) is 2.50. The highest BCUT2D eigenvalue weighted by molar-refractivity contribution is 6.36. The molecule has 0 aliphatic carbocycles. The predicted molar refractivity (Wildman–Crippen MR) is 96.8 cm³/mol. The van der Waals surface area contributed by atoms with Crippen LogP contribution in [0.3, 0.4) is 0 Å². The molecule has 0 aromatic heterocycles. The van der Waals surface area contributed by atoms with Gasteiger partial charge in [0.25, 0.3) is 0 Å². The smallest absolute Gasteiger partial charge is 0.138 e. The molecule has 23 heavy (non-hydrogen) atoms. The van der Waals surface area contributed by atoms with Crippen LogP contribution in [0.5, 0.6) is 11.5 Å². The Kier molecular flexibility index (Phi) is 7.60. The lowest BCUT2D eigenvalue weighted by Crippen LogP contribution is -2.26. The quantitative estimate of drug-likeness (QED) is 0.612. The third-order valence-electron chi connectivity index (χ3n) is 2.86. The van der Waals surface area contributed by atoms with Gasteiger partial charge in [-0.1, -0.05) is 46.4 Å². The van der Waals surface area contributed by atoms with Crippen LogP contribution in [0.25, 0.3) is 0 Å². The summed E-state index contributed by atoms with van der Waals surface area (Å²) in [6, 6.07) is 10.3. The van der Waals surface area contributed by atoms with E-state index in [1.54, 1.807) is 36.4 Å². The highest BCUT2D eigenvalue weighted by atomic mass is 35.5. The molecule has 0 heterocycles. The van der Waals surface area contributed by atoms with Crippen molar-refractivity contribution in [1.82, 2.24) is 5.32 Å². The predicted octanol–water partition coefficient (Wildman–Crippen LogP) is 5.35. The number of rotatable bonds is 8. The first kappa shape index (κ1) is 18.5. The molecule has 0 spiro atoms. The van der Waals surface area contributed by atoms with Crippen LogP contribution in [0.2, 0.25) is 20.1 Å². The fourth-order valence-electron chi connectivity index (χ4n) is 1.78. The SMILES string of the molecule is Clc1ccc(OCCNCCOc2ccc(Cl)cc2Cl)c(Cl)c1. The number of hydrogen-bond donors (Lipinski definition) is 1. The number of benzene rings is 2. The fourth-order valence-corrected chi connectivity index (χ4v) is 2.70. The molecule has 0 unspecified atom stereocenters. The second kappa shape index (κ2) is 9.45. The van der Waals surface area contributed by atoms with E-state index >= 15 is 0 Å². The summed E-state index contributed by atoms with van der Waals surface area (Å²) in [5.74, 6) is 1.23. The van der Waals surface area contributed by atoms with Crippen molar-refractivity contribution < 1.29 is 9.47 Å². The summed E-state index contributed by atoms with van der Waals surface area (Å²) in [6.07, 6.45) is 0. The van der Waals surface area contributed by atoms with E-state index in [1.165, 1.54) is 0 Å². The lowest BCUT2D eigenvalue weighted by Gasteiger charge is -2.10. The van der Waals surface area contributed by atoms with E-state index in [0.29, 0.717) is 57.9 Å². The Balaban J connectivity index is 1.61. The molecule has 0 radical (unpaired) electrons. The van der Waals surface area contributed by atoms with Gasteiger partial charge in [0, 0.05) is 23.1 Å². The van der Waals surface area contributed by atoms with Gasteiger partial charge in [0.15, 0.2) is 0 Å². The van der Waals surface area contributed by atoms with Gasteiger partial charge in [-0.3, -0.25) is 0 Å². The fraction of sp³-hybridized carbons (Fsp3) is 0.250. The maximum absolute atomic E-state index is 6.01. The van der Waals surface area contributed by atoms with Gasteiger partial charge in [0.1, 0.15) is 24.7 Å². The monoisotopic (exact) mass is 393 g/mol. The summed E-state index contributed by atoms with van der Waals surface area (Å²) in [7, 11) is 0. The molecule has 0 aliphatic rings. The number of hydrogen-bond acceptors (Lipinski definition) is 3. The summed E-state index contributed by atoms with van der Waals surface area (Å²) in [6.45, 7) is 2.30. The van der Waals surface area contributed by atoms with Gasteiger partial charge in [0.05, 0.1) is 10.0 Å². The summed E-state index contributed by atoms with van der Waals surface area (Å²) >= 11 is 23.7. The van der Waals surface area contributed by atoms with E-state index in [0.717, 1.165) is 0 Å². The minimum Gasteiger partial charge on any atom is -0.491 e. The van der Waals surface area contributed by atoms with Crippen LogP contribution in [0.4, 0.5) is 0 Å². The van der Waals surface area contributed by atoms with Gasteiger partial charge in [-0.2, -0.15) is 0 Å². The molecule has 124 valence electrons. The first-order valence-corrected chi connectivity index (χ1v) is 8.44. The van der Waals surface area contributed by atoms with E-state index in [9.17, 15) is 0 Å². The molecule has 7 heteroatoms. The molecule has 0 fully saturated rings. The van der Waals surface area contributed by atoms with Crippen molar-refractivity contribution in [3.05, 3.63) is 56.5 Å². The first-order valence-electron chi connectivity index (χ1n) is 6.92. The van der Waals surface area contributed by atoms with Crippen LogP contribution >= 0.6 is 46.4 Å². The number of nitrogens with one attached hydrogen (secondary N) is 1. The van der Waals surface area contributed by atoms with Crippen LogP contribution in [0, 0.1) is 0 Å². The van der Waals surface area contributed by atoms with Gasteiger partial charge in [0.2, 0.25) is 0 Å². The summed E-state index contributed by atoms with van der Waals surface area (Å²) in [4.78, 5) is 0. The number of halogens is 4. The van der Waals surface area contributed by atoms with E-state index in [4.69, 9.17) is 55.9 Å². The van der Waals surface area contributed by atoms with E-state index in [1.807, 2.05) is 0 Å². The van der Waals surface area contributed by atoms with Gasteiger partial charge < -0.3 is 14.8 Å². The molecule has 0 amide bonds. The highest BCUT2D eigenvalue weighted by Gasteiger charge is 2.03. The van der Waals surface area contributed by atoms with Crippen molar-refractivity contribution >= 4 is 46.4 Å². The standard InChI is InChI=1S/C16H15Cl4NO2/c17-11-1-3-15(13(19)9-11)22-7-5-21-6-8-23-16-4-2-12(18)10-14(16)20/h1-4,9-10,21H,5-8H2. The topological polar surface area (TPSA) is 30.5 Å². The summed E-state index contributed by atoms with van der Waals surface area (Å²) in [5.41, 5.74) is 0. The van der Waals surface area contributed by atoms with Crippen LogP contribution in [0.15, 0.2) is 36.4 Å². The van der Waals surface area contributed by atoms with Crippen LogP contribution in [-0.2, 0) is 0 Å². The maximum Gasteiger partial charge on any atom is 0.138 e. The maximum atomic E-state index is 6.01. The van der Waals surface area contributed by atoms with Crippen molar-refractivity contribution in [2.75, 3.05) is 26.3 Å². The minimum absolute atomic E-state index is 0.489. The molecule has 2 aromatic rings. The lowest BCUT2D eigenvalue weighted by molar-refractivity contribution is 0.289. The van der Waals surface area contributed by atoms with E-state index < -0.39 is 0 Å². The molecule has 0 saturated carbocycles. The second-order valence-corrected chi connectivity index (χ2v) is 6.28. The summed E-state index contributed by atoms with van der Waals surface area (Å²) < 4.78 is 11.1. The lowest BCUT2D eigenvalue weighted by atomic mass is 10.3. The Morgan fingerprint density at radius 1 is 0.696 bits per heavy atom. The van der Waals surface area contributed by atoms with Crippen molar-refractivity contribution in [2.45, 2.75) is 0 Å². The van der Waals surface area contributed by atoms with Crippen molar-refractivity contribution in [2.24, 2.45) is 0 Å². The van der Waals surface area contributed by atoms with E-state index in [-0.39, 0.29) is 0 Å². The van der Waals surface area contributed by atoms with Crippen LogP contribution in [0.1, 0.15) is 0 Å². The molecule has 2 aromatic carbocycles. The Bertz CT molecular complexity index is 596. The molecule has 0 saturated heterocycles. The molecular formula is C16H15Cl4NO2. The molecule has 0 aliphatic heterocycles. The Hall–Kier alpha value is -0.840. The molecular weight excluding hydrogens is 380 g/mol. The molecule has 1 N–H and O–H groups in total. The van der Waals surface area contributed by atoms with Crippen molar-refractivity contribution in [3.63, 3.8) is 0 Å². The largest absolute Gasteiger partial charge is 0.491 e. The van der Waals surface area contributed by atoms with Gasteiger partial charge in [-0.15, -0.1) is 0 Å². The molecule has 0 atom stereocenters.